The summed E-state index contributed by atoms with van der Waals surface area (Å²) in [5.41, 5.74) is 0. The molecule has 1 saturated heterocycles. The van der Waals surface area contributed by atoms with Crippen LogP contribution in [0.5, 0.6) is 0 Å². The number of hydrogen-bond acceptors (Lipinski definition) is 3. The predicted octanol–water partition coefficient (Wildman–Crippen LogP) is 2.23. The van der Waals surface area contributed by atoms with Gasteiger partial charge in [0.15, 0.2) is 0 Å². The molecule has 0 aromatic carbocycles. The molecular weight excluding hydrogens is 202 g/mol. The van der Waals surface area contributed by atoms with Crippen LogP contribution < -0.4 is 0 Å². The highest BCUT2D eigenvalue weighted by Crippen LogP contribution is 2.21. The van der Waals surface area contributed by atoms with E-state index in [1.165, 1.54) is 32.6 Å². The lowest BCUT2D eigenvalue weighted by Crippen LogP contribution is -2.39. The van der Waals surface area contributed by atoms with Gasteiger partial charge in [-0.15, -0.1) is 0 Å². The molecule has 1 heterocycles. The second kappa shape index (κ2) is 6.69. The lowest BCUT2D eigenvalue weighted by molar-refractivity contribution is -0.134. The monoisotopic (exact) mass is 225 g/mol. The Morgan fingerprint density at radius 3 is 2.94 bits per heavy atom. The van der Waals surface area contributed by atoms with Crippen molar-refractivity contribution in [2.24, 2.45) is 5.92 Å². The van der Waals surface area contributed by atoms with Gasteiger partial charge in [-0.05, 0) is 45.6 Å². The molecule has 1 aliphatic rings. The summed E-state index contributed by atoms with van der Waals surface area (Å²) in [5.74, 6) is 0.439. The highest BCUT2D eigenvalue weighted by Gasteiger charge is 2.20. The number of ether oxygens (including phenoxy) is 1. The minimum atomic E-state index is -0.253. The second-order valence-electron chi connectivity index (χ2n) is 4.76. The molecule has 0 aliphatic carbocycles. The van der Waals surface area contributed by atoms with Crippen molar-refractivity contribution in [2.45, 2.75) is 39.2 Å². The molecule has 0 N–H and O–H groups in total. The van der Waals surface area contributed by atoms with E-state index in [1.54, 1.807) is 0 Å². The van der Waals surface area contributed by atoms with E-state index < -0.39 is 0 Å². The second-order valence-corrected chi connectivity index (χ2v) is 4.76. The molecule has 0 aromatic rings. The molecule has 16 heavy (non-hydrogen) atoms. The lowest BCUT2D eigenvalue weighted by atomic mass is 9.94. The molecule has 0 bridgehead atoms. The number of likely N-dealkylation sites (tertiary alicyclic amines) is 1. The Bertz CT molecular complexity index is 248. The van der Waals surface area contributed by atoms with Crippen LogP contribution in [-0.2, 0) is 9.53 Å². The molecule has 1 unspecified atom stereocenters. The van der Waals surface area contributed by atoms with Gasteiger partial charge in [0.1, 0.15) is 0 Å². The quantitative estimate of drug-likeness (QED) is 0.543. The number of allylic oxidation sites excluding steroid dienone is 1. The standard InChI is InChI=1S/C13H23NO2/c1-11(2)14-9-5-7-12(10-14)6-4-8-13(15)16-3/h4,8,11-12H,5-7,9-10H2,1-3H3/b8-4-. The first-order valence-corrected chi connectivity index (χ1v) is 6.12. The van der Waals surface area contributed by atoms with E-state index in [2.05, 4.69) is 23.5 Å². The fourth-order valence-corrected chi connectivity index (χ4v) is 2.18. The first kappa shape index (κ1) is 13.2. The van der Waals surface area contributed by atoms with Crippen molar-refractivity contribution in [3.8, 4) is 0 Å². The summed E-state index contributed by atoms with van der Waals surface area (Å²) in [5, 5.41) is 0. The van der Waals surface area contributed by atoms with Crippen molar-refractivity contribution in [3.63, 3.8) is 0 Å². The van der Waals surface area contributed by atoms with Crippen LogP contribution in [0.15, 0.2) is 12.2 Å². The van der Waals surface area contributed by atoms with E-state index in [0.717, 1.165) is 13.0 Å². The molecule has 0 amide bonds. The summed E-state index contributed by atoms with van der Waals surface area (Å²) in [6.45, 7) is 6.86. The average molecular weight is 225 g/mol. The Hall–Kier alpha value is -0.830. The molecule has 92 valence electrons. The van der Waals surface area contributed by atoms with Gasteiger partial charge in [0.25, 0.3) is 0 Å². The minimum Gasteiger partial charge on any atom is -0.466 e. The van der Waals surface area contributed by atoms with E-state index in [0.29, 0.717) is 12.0 Å². The zero-order valence-electron chi connectivity index (χ0n) is 10.6. The first-order chi connectivity index (χ1) is 7.63. The number of carbonyl (C=O) groups excluding carboxylic acids is 1. The van der Waals surface area contributed by atoms with Gasteiger partial charge in [0, 0.05) is 18.7 Å². The average Bonchev–Trinajstić information content (AvgIpc) is 2.29. The Morgan fingerprint density at radius 2 is 2.31 bits per heavy atom. The molecule has 3 heteroatoms. The Morgan fingerprint density at radius 1 is 1.56 bits per heavy atom. The molecule has 1 aliphatic heterocycles. The normalized spacial score (nSPS) is 22.9. The van der Waals surface area contributed by atoms with E-state index in [9.17, 15) is 4.79 Å². The largest absolute Gasteiger partial charge is 0.466 e. The summed E-state index contributed by atoms with van der Waals surface area (Å²) in [4.78, 5) is 13.4. The van der Waals surface area contributed by atoms with Crippen LogP contribution in [0.2, 0.25) is 0 Å². The molecule has 1 fully saturated rings. The fraction of sp³-hybridized carbons (Fsp3) is 0.769. The number of carbonyl (C=O) groups is 1. The molecule has 0 aromatic heterocycles. The molecule has 0 spiro atoms. The summed E-state index contributed by atoms with van der Waals surface area (Å²) in [7, 11) is 1.41. The van der Waals surface area contributed by atoms with Gasteiger partial charge >= 0.3 is 5.97 Å². The van der Waals surface area contributed by atoms with Crippen molar-refractivity contribution in [2.75, 3.05) is 20.2 Å². The zero-order chi connectivity index (χ0) is 12.0. The molecule has 3 nitrogen and oxygen atoms in total. The summed E-state index contributed by atoms with van der Waals surface area (Å²) in [6, 6.07) is 0.632. The van der Waals surface area contributed by atoms with Crippen LogP contribution in [0, 0.1) is 5.92 Å². The van der Waals surface area contributed by atoms with Crippen molar-refractivity contribution >= 4 is 5.97 Å². The summed E-state index contributed by atoms with van der Waals surface area (Å²) in [6.07, 6.45) is 7.01. The minimum absolute atomic E-state index is 0.253. The lowest BCUT2D eigenvalue weighted by Gasteiger charge is -2.35. The van der Waals surface area contributed by atoms with Crippen LogP contribution >= 0.6 is 0 Å². The maximum atomic E-state index is 10.9. The predicted molar refractivity (Wildman–Crippen MR) is 65.2 cm³/mol. The van der Waals surface area contributed by atoms with Crippen LogP contribution in [0.4, 0.5) is 0 Å². The van der Waals surface area contributed by atoms with Crippen LogP contribution in [0.1, 0.15) is 33.1 Å². The number of nitrogens with zero attached hydrogens (tertiary/aromatic N) is 1. The third-order valence-corrected chi connectivity index (χ3v) is 3.21. The van der Waals surface area contributed by atoms with Gasteiger partial charge < -0.3 is 9.64 Å². The third-order valence-electron chi connectivity index (χ3n) is 3.21. The SMILES string of the molecule is COC(=O)/C=C\CC1CCCN(C(C)C)C1. The number of methoxy groups -OCH3 is 1. The summed E-state index contributed by atoms with van der Waals surface area (Å²) >= 11 is 0. The Kier molecular flexibility index (Phi) is 5.53. The fourth-order valence-electron chi connectivity index (χ4n) is 2.18. The van der Waals surface area contributed by atoms with Gasteiger partial charge in [-0.2, -0.15) is 0 Å². The van der Waals surface area contributed by atoms with Gasteiger partial charge in [-0.3, -0.25) is 0 Å². The van der Waals surface area contributed by atoms with Gasteiger partial charge in [-0.1, -0.05) is 6.08 Å². The molecular formula is C13H23NO2. The number of hydrogen-bond donors (Lipinski definition) is 0. The topological polar surface area (TPSA) is 29.5 Å². The van der Waals surface area contributed by atoms with Crippen LogP contribution in [0.25, 0.3) is 0 Å². The smallest absolute Gasteiger partial charge is 0.330 e. The van der Waals surface area contributed by atoms with E-state index in [4.69, 9.17) is 0 Å². The van der Waals surface area contributed by atoms with E-state index in [-0.39, 0.29) is 5.97 Å². The van der Waals surface area contributed by atoms with Crippen molar-refractivity contribution in [3.05, 3.63) is 12.2 Å². The van der Waals surface area contributed by atoms with Gasteiger partial charge in [-0.25, -0.2) is 4.79 Å². The molecule has 0 saturated carbocycles. The van der Waals surface area contributed by atoms with Crippen molar-refractivity contribution in [1.29, 1.82) is 0 Å². The Labute approximate surface area is 98.5 Å². The molecule has 1 atom stereocenters. The number of piperidine rings is 1. The first-order valence-electron chi connectivity index (χ1n) is 6.12. The number of esters is 1. The highest BCUT2D eigenvalue weighted by atomic mass is 16.5. The van der Waals surface area contributed by atoms with Gasteiger partial charge in [0.05, 0.1) is 7.11 Å². The van der Waals surface area contributed by atoms with E-state index >= 15 is 0 Å². The van der Waals surface area contributed by atoms with Crippen molar-refractivity contribution in [1.82, 2.24) is 4.90 Å². The maximum Gasteiger partial charge on any atom is 0.330 e. The molecule has 1 rings (SSSR count). The Balaban J connectivity index is 2.32. The van der Waals surface area contributed by atoms with E-state index in [1.807, 2.05) is 6.08 Å². The highest BCUT2D eigenvalue weighted by molar-refractivity contribution is 5.81. The summed E-state index contributed by atoms with van der Waals surface area (Å²) < 4.78 is 4.56. The zero-order valence-corrected chi connectivity index (χ0v) is 10.6. The van der Waals surface area contributed by atoms with Gasteiger partial charge in [0.2, 0.25) is 0 Å². The third kappa shape index (κ3) is 4.35. The molecule has 0 radical (unpaired) electrons. The van der Waals surface area contributed by atoms with Crippen molar-refractivity contribution < 1.29 is 9.53 Å². The van der Waals surface area contributed by atoms with Crippen LogP contribution in [0.3, 0.4) is 0 Å². The van der Waals surface area contributed by atoms with Crippen LogP contribution in [-0.4, -0.2) is 37.1 Å². The maximum absolute atomic E-state index is 10.9. The number of rotatable bonds is 4.